The lowest BCUT2D eigenvalue weighted by atomic mass is 9.76. The highest BCUT2D eigenvalue weighted by Gasteiger charge is 2.51. The van der Waals surface area contributed by atoms with Crippen molar-refractivity contribution in [1.29, 1.82) is 0 Å². The predicted molar refractivity (Wildman–Crippen MR) is 57.6 cm³/mol. The van der Waals surface area contributed by atoms with Gasteiger partial charge in [0.25, 0.3) is 0 Å². The summed E-state index contributed by atoms with van der Waals surface area (Å²) in [5, 5.41) is 12.7. The highest BCUT2D eigenvalue weighted by atomic mass is 32.1. The zero-order chi connectivity index (χ0) is 10.4. The average molecular weight is 212 g/mol. The molecule has 1 aromatic rings. The normalized spacial score (nSPS) is 30.9. The van der Waals surface area contributed by atoms with Gasteiger partial charge >= 0.3 is 0 Å². The highest BCUT2D eigenvalue weighted by Crippen LogP contribution is 2.47. The Bertz CT molecular complexity index is 343. The summed E-state index contributed by atoms with van der Waals surface area (Å²) >= 11 is 1.62. The summed E-state index contributed by atoms with van der Waals surface area (Å²) in [6.07, 6.45) is 0. The predicted octanol–water partition coefficient (Wildman–Crippen LogP) is 2.30. The zero-order valence-corrected chi connectivity index (χ0v) is 9.65. The highest BCUT2D eigenvalue weighted by molar-refractivity contribution is 7.10. The Hall–Kier alpha value is -0.380. The Morgan fingerprint density at radius 3 is 2.57 bits per heavy atom. The van der Waals surface area contributed by atoms with E-state index in [0.717, 1.165) is 10.4 Å². The maximum atomic E-state index is 10.6. The summed E-state index contributed by atoms with van der Waals surface area (Å²) in [6.45, 7) is 7.19. The van der Waals surface area contributed by atoms with Crippen molar-refractivity contribution in [2.24, 2.45) is 5.41 Å². The number of ether oxygens (including phenoxy) is 1. The Morgan fingerprint density at radius 2 is 2.14 bits per heavy atom. The topological polar surface area (TPSA) is 29.5 Å². The van der Waals surface area contributed by atoms with Crippen LogP contribution in [0.15, 0.2) is 11.4 Å². The molecule has 0 spiro atoms. The van der Waals surface area contributed by atoms with Crippen molar-refractivity contribution in [1.82, 2.24) is 0 Å². The van der Waals surface area contributed by atoms with Crippen LogP contribution in [-0.4, -0.2) is 18.3 Å². The van der Waals surface area contributed by atoms with Crippen LogP contribution >= 0.6 is 11.3 Å². The lowest BCUT2D eigenvalue weighted by Crippen LogP contribution is -2.40. The first-order valence-corrected chi connectivity index (χ1v) is 5.70. The van der Waals surface area contributed by atoms with E-state index in [2.05, 4.69) is 13.8 Å². The second kappa shape index (κ2) is 3.05. The van der Waals surface area contributed by atoms with E-state index in [9.17, 15) is 5.11 Å². The molecule has 2 rings (SSSR count). The minimum absolute atomic E-state index is 0.192. The van der Waals surface area contributed by atoms with Crippen molar-refractivity contribution in [3.8, 4) is 0 Å². The van der Waals surface area contributed by atoms with E-state index in [1.165, 1.54) is 0 Å². The molecule has 0 aliphatic carbocycles. The number of thiophene rings is 1. The minimum Gasteiger partial charge on any atom is -0.381 e. The van der Waals surface area contributed by atoms with Gasteiger partial charge in [-0.25, -0.2) is 0 Å². The molecule has 0 saturated carbocycles. The lowest BCUT2D eigenvalue weighted by Gasteiger charge is -2.34. The van der Waals surface area contributed by atoms with Crippen LogP contribution in [-0.2, 0) is 10.3 Å². The summed E-state index contributed by atoms with van der Waals surface area (Å²) in [7, 11) is 0. The van der Waals surface area contributed by atoms with Gasteiger partial charge < -0.3 is 9.84 Å². The van der Waals surface area contributed by atoms with E-state index in [-0.39, 0.29) is 5.41 Å². The Kier molecular flexibility index (Phi) is 2.21. The maximum Gasteiger partial charge on any atom is 0.129 e. The number of aryl methyl sites for hydroxylation is 1. The molecule has 1 fully saturated rings. The smallest absolute Gasteiger partial charge is 0.129 e. The molecule has 0 aromatic carbocycles. The van der Waals surface area contributed by atoms with Gasteiger partial charge in [-0.2, -0.15) is 0 Å². The SMILES string of the molecule is Cc1ccsc1C1(O)COCC1(C)C. The molecule has 1 saturated heterocycles. The molecule has 1 aliphatic rings. The quantitative estimate of drug-likeness (QED) is 0.774. The molecule has 1 atom stereocenters. The van der Waals surface area contributed by atoms with Crippen LogP contribution in [0.3, 0.4) is 0 Å². The molecule has 1 aliphatic heterocycles. The first-order valence-electron chi connectivity index (χ1n) is 4.82. The summed E-state index contributed by atoms with van der Waals surface area (Å²) in [5.41, 5.74) is 0.171. The van der Waals surface area contributed by atoms with Crippen LogP contribution in [0.1, 0.15) is 24.3 Å². The Balaban J connectivity index is 2.47. The van der Waals surface area contributed by atoms with E-state index in [1.54, 1.807) is 11.3 Å². The molecule has 2 heterocycles. The second-order valence-electron chi connectivity index (χ2n) is 4.67. The van der Waals surface area contributed by atoms with Gasteiger partial charge in [0, 0.05) is 10.3 Å². The summed E-state index contributed by atoms with van der Waals surface area (Å²) in [6, 6.07) is 2.05. The second-order valence-corrected chi connectivity index (χ2v) is 5.59. The molecular formula is C11H16O2S. The van der Waals surface area contributed by atoms with Crippen LogP contribution in [0.2, 0.25) is 0 Å². The van der Waals surface area contributed by atoms with Crippen molar-refractivity contribution >= 4 is 11.3 Å². The largest absolute Gasteiger partial charge is 0.381 e. The molecule has 78 valence electrons. The van der Waals surface area contributed by atoms with E-state index in [0.29, 0.717) is 13.2 Å². The molecule has 0 radical (unpaired) electrons. The van der Waals surface area contributed by atoms with Crippen LogP contribution in [0.5, 0.6) is 0 Å². The minimum atomic E-state index is -0.800. The molecule has 2 nitrogen and oxygen atoms in total. The van der Waals surface area contributed by atoms with Crippen molar-refractivity contribution in [2.75, 3.05) is 13.2 Å². The van der Waals surface area contributed by atoms with Crippen molar-refractivity contribution in [3.63, 3.8) is 0 Å². The first-order chi connectivity index (χ1) is 6.47. The van der Waals surface area contributed by atoms with E-state index in [1.807, 2.05) is 18.4 Å². The van der Waals surface area contributed by atoms with Crippen molar-refractivity contribution in [2.45, 2.75) is 26.4 Å². The molecule has 3 heteroatoms. The summed E-state index contributed by atoms with van der Waals surface area (Å²) in [4.78, 5) is 1.06. The zero-order valence-electron chi connectivity index (χ0n) is 8.83. The van der Waals surface area contributed by atoms with E-state index >= 15 is 0 Å². The molecule has 0 bridgehead atoms. The number of rotatable bonds is 1. The van der Waals surface area contributed by atoms with Crippen molar-refractivity contribution < 1.29 is 9.84 Å². The van der Waals surface area contributed by atoms with Gasteiger partial charge in [-0.1, -0.05) is 13.8 Å². The maximum absolute atomic E-state index is 10.6. The third kappa shape index (κ3) is 1.23. The Labute approximate surface area is 88.5 Å². The van der Waals surface area contributed by atoms with Gasteiger partial charge in [0.2, 0.25) is 0 Å². The van der Waals surface area contributed by atoms with Gasteiger partial charge in [0.1, 0.15) is 5.60 Å². The van der Waals surface area contributed by atoms with Crippen LogP contribution in [0.25, 0.3) is 0 Å². The molecule has 1 unspecified atom stereocenters. The van der Waals surface area contributed by atoms with Gasteiger partial charge in [0.15, 0.2) is 0 Å². The van der Waals surface area contributed by atoms with Gasteiger partial charge in [-0.15, -0.1) is 11.3 Å². The monoisotopic (exact) mass is 212 g/mol. The average Bonchev–Trinajstić information content (AvgIpc) is 2.59. The van der Waals surface area contributed by atoms with Gasteiger partial charge in [0.05, 0.1) is 13.2 Å². The Morgan fingerprint density at radius 1 is 1.43 bits per heavy atom. The number of aliphatic hydroxyl groups is 1. The van der Waals surface area contributed by atoms with Crippen LogP contribution in [0, 0.1) is 12.3 Å². The molecular weight excluding hydrogens is 196 g/mol. The third-order valence-electron chi connectivity index (χ3n) is 3.13. The summed E-state index contributed by atoms with van der Waals surface area (Å²) in [5.74, 6) is 0. The first kappa shape index (κ1) is 10.1. The van der Waals surface area contributed by atoms with Crippen LogP contribution in [0.4, 0.5) is 0 Å². The number of hydrogen-bond donors (Lipinski definition) is 1. The molecule has 0 amide bonds. The molecule has 1 aromatic heterocycles. The van der Waals surface area contributed by atoms with E-state index in [4.69, 9.17) is 4.74 Å². The lowest BCUT2D eigenvalue weighted by molar-refractivity contribution is -0.0354. The van der Waals surface area contributed by atoms with E-state index < -0.39 is 5.60 Å². The fourth-order valence-electron chi connectivity index (χ4n) is 1.94. The molecule has 14 heavy (non-hydrogen) atoms. The summed E-state index contributed by atoms with van der Waals surface area (Å²) < 4.78 is 5.41. The fraction of sp³-hybridized carbons (Fsp3) is 0.636. The fourth-order valence-corrected chi connectivity index (χ4v) is 3.13. The van der Waals surface area contributed by atoms with Gasteiger partial charge in [-0.05, 0) is 23.9 Å². The van der Waals surface area contributed by atoms with Crippen LogP contribution < -0.4 is 0 Å². The van der Waals surface area contributed by atoms with Crippen molar-refractivity contribution in [3.05, 3.63) is 21.9 Å². The molecule has 1 N–H and O–H groups in total. The number of hydrogen-bond acceptors (Lipinski definition) is 3. The standard InChI is InChI=1S/C11H16O2S/c1-8-4-5-14-9(8)11(12)7-13-6-10(11,2)3/h4-5,12H,6-7H2,1-3H3. The van der Waals surface area contributed by atoms with Gasteiger partial charge in [-0.3, -0.25) is 0 Å². The third-order valence-corrected chi connectivity index (χ3v) is 4.30.